The van der Waals surface area contributed by atoms with Gasteiger partial charge in [-0.05, 0) is 56.2 Å². The van der Waals surface area contributed by atoms with Crippen LogP contribution in [-0.2, 0) is 23.1 Å². The van der Waals surface area contributed by atoms with Crippen LogP contribution in [0.1, 0.15) is 34.6 Å². The van der Waals surface area contributed by atoms with Gasteiger partial charge in [-0.25, -0.2) is 4.79 Å². The van der Waals surface area contributed by atoms with E-state index < -0.39 is 5.97 Å². The highest BCUT2D eigenvalue weighted by atomic mass is 16.5. The SMILES string of the molecule is Cc1ccc2c(c1)c(=O)n(C)c1nnc(COC(=O)c3ccc(OCC4CCCO4)cc3)n21. The monoisotopic (exact) mass is 448 g/mol. The highest BCUT2D eigenvalue weighted by Crippen LogP contribution is 2.19. The first-order valence-electron chi connectivity index (χ1n) is 10.9. The summed E-state index contributed by atoms with van der Waals surface area (Å²) in [5.41, 5.74) is 1.89. The first-order chi connectivity index (χ1) is 16.0. The Morgan fingerprint density at radius 3 is 2.76 bits per heavy atom. The summed E-state index contributed by atoms with van der Waals surface area (Å²) >= 11 is 0. The van der Waals surface area contributed by atoms with E-state index in [9.17, 15) is 9.59 Å². The number of hydrogen-bond donors (Lipinski definition) is 0. The lowest BCUT2D eigenvalue weighted by Gasteiger charge is -2.11. The molecule has 0 bridgehead atoms. The second-order valence-electron chi connectivity index (χ2n) is 8.18. The first-order valence-corrected chi connectivity index (χ1v) is 10.9. The Hall–Kier alpha value is -3.72. The van der Waals surface area contributed by atoms with Crippen LogP contribution in [0.4, 0.5) is 0 Å². The van der Waals surface area contributed by atoms with Crippen molar-refractivity contribution in [1.29, 1.82) is 0 Å². The molecule has 9 heteroatoms. The Balaban J connectivity index is 1.32. The van der Waals surface area contributed by atoms with Gasteiger partial charge in [0.15, 0.2) is 12.4 Å². The van der Waals surface area contributed by atoms with Gasteiger partial charge < -0.3 is 14.2 Å². The quantitative estimate of drug-likeness (QED) is 0.419. The number of rotatable bonds is 6. The van der Waals surface area contributed by atoms with Crippen molar-refractivity contribution in [3.05, 3.63) is 69.8 Å². The van der Waals surface area contributed by atoms with Crippen molar-refractivity contribution in [3.8, 4) is 5.75 Å². The summed E-state index contributed by atoms with van der Waals surface area (Å²) in [6, 6.07) is 12.4. The summed E-state index contributed by atoms with van der Waals surface area (Å²) in [7, 11) is 1.65. The summed E-state index contributed by atoms with van der Waals surface area (Å²) < 4.78 is 20.0. The summed E-state index contributed by atoms with van der Waals surface area (Å²) in [4.78, 5) is 25.3. The predicted octanol–water partition coefficient (Wildman–Crippen LogP) is 2.80. The number of esters is 1. The van der Waals surface area contributed by atoms with Crippen molar-refractivity contribution in [2.45, 2.75) is 32.5 Å². The van der Waals surface area contributed by atoms with E-state index >= 15 is 0 Å². The van der Waals surface area contributed by atoms with Crippen LogP contribution in [-0.4, -0.2) is 44.5 Å². The molecule has 3 heterocycles. The fraction of sp³-hybridized carbons (Fsp3) is 0.333. The summed E-state index contributed by atoms with van der Waals surface area (Å²) in [5.74, 6) is 1.00. The molecule has 1 atom stereocenters. The topological polar surface area (TPSA) is 97.0 Å². The minimum absolute atomic E-state index is 0.0849. The zero-order chi connectivity index (χ0) is 22.9. The van der Waals surface area contributed by atoms with Gasteiger partial charge in [-0.1, -0.05) is 11.6 Å². The minimum Gasteiger partial charge on any atom is -0.491 e. The van der Waals surface area contributed by atoms with Gasteiger partial charge in [0.05, 0.1) is 22.6 Å². The maximum absolute atomic E-state index is 12.7. The zero-order valence-corrected chi connectivity index (χ0v) is 18.5. The predicted molar refractivity (Wildman–Crippen MR) is 121 cm³/mol. The molecule has 4 aromatic rings. The Morgan fingerprint density at radius 2 is 2.00 bits per heavy atom. The van der Waals surface area contributed by atoms with Crippen LogP contribution >= 0.6 is 0 Å². The average molecular weight is 448 g/mol. The molecule has 0 saturated carbocycles. The second-order valence-corrected chi connectivity index (χ2v) is 8.18. The first kappa shape index (κ1) is 21.1. The minimum atomic E-state index is -0.484. The lowest BCUT2D eigenvalue weighted by molar-refractivity contribution is 0.0461. The Kier molecular flexibility index (Phi) is 5.55. The Labute approximate surface area is 189 Å². The van der Waals surface area contributed by atoms with Gasteiger partial charge >= 0.3 is 5.97 Å². The molecule has 33 heavy (non-hydrogen) atoms. The normalized spacial score (nSPS) is 15.9. The van der Waals surface area contributed by atoms with E-state index in [-0.39, 0.29) is 18.3 Å². The van der Waals surface area contributed by atoms with Crippen LogP contribution in [0.3, 0.4) is 0 Å². The number of aryl methyl sites for hydroxylation is 2. The van der Waals surface area contributed by atoms with Crippen LogP contribution in [0, 0.1) is 6.92 Å². The van der Waals surface area contributed by atoms with E-state index in [2.05, 4.69) is 10.2 Å². The van der Waals surface area contributed by atoms with E-state index in [0.29, 0.717) is 40.4 Å². The number of carbonyl (C=O) groups is 1. The van der Waals surface area contributed by atoms with Gasteiger partial charge in [-0.2, -0.15) is 0 Å². The van der Waals surface area contributed by atoms with Gasteiger partial charge in [0.25, 0.3) is 5.56 Å². The van der Waals surface area contributed by atoms with Crippen molar-refractivity contribution in [3.63, 3.8) is 0 Å². The number of benzene rings is 2. The highest BCUT2D eigenvalue weighted by Gasteiger charge is 2.18. The van der Waals surface area contributed by atoms with Crippen LogP contribution in [0.2, 0.25) is 0 Å². The Morgan fingerprint density at radius 1 is 1.18 bits per heavy atom. The molecular weight excluding hydrogens is 424 g/mol. The van der Waals surface area contributed by atoms with Gasteiger partial charge in [0, 0.05) is 13.7 Å². The van der Waals surface area contributed by atoms with Crippen LogP contribution in [0.5, 0.6) is 5.75 Å². The van der Waals surface area contributed by atoms with E-state index in [4.69, 9.17) is 14.2 Å². The molecule has 170 valence electrons. The number of ether oxygens (including phenoxy) is 3. The van der Waals surface area contributed by atoms with E-state index in [1.807, 2.05) is 25.1 Å². The highest BCUT2D eigenvalue weighted by molar-refractivity contribution is 5.89. The fourth-order valence-corrected chi connectivity index (χ4v) is 4.02. The fourth-order valence-electron chi connectivity index (χ4n) is 4.02. The van der Waals surface area contributed by atoms with Crippen molar-refractivity contribution in [2.75, 3.05) is 13.2 Å². The lowest BCUT2D eigenvalue weighted by atomic mass is 10.1. The third-order valence-corrected chi connectivity index (χ3v) is 5.82. The molecule has 1 aliphatic rings. The summed E-state index contributed by atoms with van der Waals surface area (Å²) in [6.45, 7) is 3.13. The van der Waals surface area contributed by atoms with Crippen molar-refractivity contribution in [2.24, 2.45) is 7.05 Å². The van der Waals surface area contributed by atoms with Gasteiger partial charge in [-0.3, -0.25) is 13.8 Å². The molecule has 0 aliphatic carbocycles. The molecule has 0 spiro atoms. The van der Waals surface area contributed by atoms with Gasteiger partial charge in [-0.15, -0.1) is 10.2 Å². The number of fused-ring (bicyclic) bond motifs is 3. The standard InChI is InChI=1S/C24H24N4O5/c1-15-5-10-20-19(12-15)22(29)27(2)24-26-25-21(28(20)24)14-33-23(30)16-6-8-17(9-7-16)32-13-18-4-3-11-31-18/h5-10,12,18H,3-4,11,13-14H2,1-2H3. The molecule has 5 rings (SSSR count). The molecule has 2 aromatic carbocycles. The molecule has 0 radical (unpaired) electrons. The largest absolute Gasteiger partial charge is 0.491 e. The second kappa shape index (κ2) is 8.67. The number of carbonyl (C=O) groups excluding carboxylic acids is 1. The van der Waals surface area contributed by atoms with Crippen molar-refractivity contribution in [1.82, 2.24) is 19.2 Å². The van der Waals surface area contributed by atoms with E-state index in [0.717, 1.165) is 25.0 Å². The summed E-state index contributed by atoms with van der Waals surface area (Å²) in [5, 5.41) is 8.83. The van der Waals surface area contributed by atoms with E-state index in [1.54, 1.807) is 35.7 Å². The smallest absolute Gasteiger partial charge is 0.338 e. The van der Waals surface area contributed by atoms with Gasteiger partial charge in [0.2, 0.25) is 5.78 Å². The summed E-state index contributed by atoms with van der Waals surface area (Å²) in [6.07, 6.45) is 2.20. The molecular formula is C24H24N4O5. The van der Waals surface area contributed by atoms with Crippen LogP contribution in [0.15, 0.2) is 47.3 Å². The number of hydrogen-bond acceptors (Lipinski definition) is 7. The average Bonchev–Trinajstić information content (AvgIpc) is 3.50. The maximum Gasteiger partial charge on any atom is 0.338 e. The third kappa shape index (κ3) is 4.07. The molecule has 1 unspecified atom stereocenters. The molecule has 2 aromatic heterocycles. The maximum atomic E-state index is 12.7. The van der Waals surface area contributed by atoms with Gasteiger partial charge in [0.1, 0.15) is 12.4 Å². The van der Waals surface area contributed by atoms with Crippen LogP contribution < -0.4 is 10.3 Å². The molecule has 9 nitrogen and oxygen atoms in total. The molecule has 0 N–H and O–H groups in total. The number of aromatic nitrogens is 4. The lowest BCUT2D eigenvalue weighted by Crippen LogP contribution is -2.20. The van der Waals surface area contributed by atoms with Crippen molar-refractivity contribution >= 4 is 22.6 Å². The number of nitrogens with zero attached hydrogens (tertiary/aromatic N) is 4. The van der Waals surface area contributed by atoms with Crippen LogP contribution in [0.25, 0.3) is 16.7 Å². The molecule has 1 fully saturated rings. The van der Waals surface area contributed by atoms with E-state index in [1.165, 1.54) is 4.57 Å². The Bertz CT molecular complexity index is 1380. The molecule has 1 saturated heterocycles. The molecule has 1 aliphatic heterocycles. The third-order valence-electron chi connectivity index (χ3n) is 5.82. The van der Waals surface area contributed by atoms with Crippen molar-refractivity contribution < 1.29 is 19.0 Å². The molecule has 0 amide bonds. The zero-order valence-electron chi connectivity index (χ0n) is 18.5.